The van der Waals surface area contributed by atoms with Crippen molar-refractivity contribution in [3.05, 3.63) is 28.0 Å². The first-order chi connectivity index (χ1) is 9.51. The molecule has 0 heterocycles. The second-order valence-electron chi connectivity index (χ2n) is 6.29. The van der Waals surface area contributed by atoms with E-state index in [1.165, 1.54) is 12.5 Å². The van der Waals surface area contributed by atoms with Gasteiger partial charge >= 0.3 is 0 Å². The second-order valence-corrected chi connectivity index (χ2v) is 6.66. The van der Waals surface area contributed by atoms with Gasteiger partial charge in [-0.25, -0.2) is 4.39 Å². The van der Waals surface area contributed by atoms with Crippen LogP contribution in [-0.2, 0) is 11.8 Å². The molecule has 1 aromatic carbocycles. The Hall–Kier alpha value is -0.800. The van der Waals surface area contributed by atoms with Crippen LogP contribution in [0.25, 0.3) is 0 Å². The molecule has 1 saturated carbocycles. The third-order valence-corrected chi connectivity index (χ3v) is 5.84. The van der Waals surface area contributed by atoms with Gasteiger partial charge in [0, 0.05) is 11.5 Å². The Labute approximate surface area is 124 Å². The first-order valence-electron chi connectivity index (χ1n) is 7.47. The van der Waals surface area contributed by atoms with Gasteiger partial charge in [-0.15, -0.1) is 0 Å². The summed E-state index contributed by atoms with van der Waals surface area (Å²) in [5.74, 6) is -0.657. The van der Waals surface area contributed by atoms with Crippen molar-refractivity contribution < 1.29 is 9.50 Å². The summed E-state index contributed by atoms with van der Waals surface area (Å²) in [7, 11) is 0. The normalized spacial score (nSPS) is 32.6. The molecule has 3 N–H and O–H groups in total. The van der Waals surface area contributed by atoms with Gasteiger partial charge in [0.15, 0.2) is 11.6 Å². The molecule has 1 fully saturated rings. The van der Waals surface area contributed by atoms with Crippen LogP contribution < -0.4 is 5.73 Å². The van der Waals surface area contributed by atoms with E-state index in [2.05, 4.69) is 6.92 Å². The molecule has 0 spiro atoms. The largest absolute Gasteiger partial charge is 0.504 e. The molecular weight excluding hydrogens is 277 g/mol. The first-order valence-corrected chi connectivity index (χ1v) is 7.85. The first kappa shape index (κ1) is 14.2. The summed E-state index contributed by atoms with van der Waals surface area (Å²) >= 11 is 6.32. The van der Waals surface area contributed by atoms with E-state index in [1.54, 1.807) is 0 Å². The standard InChI is InChI=1S/C16H21ClFNO/c1-2-16-6-4-3-5-10(16)12(19)8-9-7-11(18)15(20)14(17)13(9)16/h7,10,12,20H,2-6,8,19H2,1H3. The van der Waals surface area contributed by atoms with Gasteiger partial charge in [0.1, 0.15) is 0 Å². The van der Waals surface area contributed by atoms with Crippen molar-refractivity contribution in [3.63, 3.8) is 0 Å². The summed E-state index contributed by atoms with van der Waals surface area (Å²) in [5.41, 5.74) is 8.14. The number of aromatic hydroxyl groups is 1. The quantitative estimate of drug-likeness (QED) is 0.825. The van der Waals surface area contributed by atoms with Crippen LogP contribution >= 0.6 is 11.6 Å². The van der Waals surface area contributed by atoms with Crippen molar-refractivity contribution in [3.8, 4) is 5.75 Å². The highest BCUT2D eigenvalue weighted by molar-refractivity contribution is 6.33. The lowest BCUT2D eigenvalue weighted by Crippen LogP contribution is -2.52. The monoisotopic (exact) mass is 297 g/mol. The van der Waals surface area contributed by atoms with E-state index < -0.39 is 11.6 Å². The lowest BCUT2D eigenvalue weighted by molar-refractivity contribution is 0.133. The van der Waals surface area contributed by atoms with Crippen LogP contribution in [0.5, 0.6) is 5.75 Å². The lowest BCUT2D eigenvalue weighted by atomic mass is 9.54. The highest BCUT2D eigenvalue weighted by Gasteiger charge is 2.49. The van der Waals surface area contributed by atoms with E-state index in [-0.39, 0.29) is 16.5 Å². The number of phenolic OH excluding ortho intramolecular Hbond substituents is 1. The van der Waals surface area contributed by atoms with Gasteiger partial charge in [-0.3, -0.25) is 0 Å². The summed E-state index contributed by atoms with van der Waals surface area (Å²) in [6.07, 6.45) is 6.05. The number of hydrogen-bond donors (Lipinski definition) is 2. The van der Waals surface area contributed by atoms with Crippen LogP contribution in [0.15, 0.2) is 6.07 Å². The number of benzene rings is 1. The molecule has 0 radical (unpaired) electrons. The molecular formula is C16H21ClFNO. The Bertz CT molecular complexity index is 548. The predicted molar refractivity (Wildman–Crippen MR) is 78.7 cm³/mol. The SMILES string of the molecule is CCC12CCCCC1C(N)Cc1cc(F)c(O)c(Cl)c12. The minimum absolute atomic E-state index is 0.0581. The van der Waals surface area contributed by atoms with Crippen LogP contribution in [-0.4, -0.2) is 11.1 Å². The lowest BCUT2D eigenvalue weighted by Gasteiger charge is -2.51. The zero-order valence-corrected chi connectivity index (χ0v) is 12.5. The Kier molecular flexibility index (Phi) is 3.46. The second kappa shape index (κ2) is 4.88. The van der Waals surface area contributed by atoms with Gasteiger partial charge in [0.2, 0.25) is 0 Å². The molecule has 3 unspecified atom stereocenters. The van der Waals surface area contributed by atoms with Crippen LogP contribution in [0, 0.1) is 11.7 Å². The number of nitrogens with two attached hydrogens (primary N) is 1. The molecule has 3 rings (SSSR count). The molecule has 4 heteroatoms. The maximum absolute atomic E-state index is 13.8. The summed E-state index contributed by atoms with van der Waals surface area (Å²) in [6, 6.07) is 1.49. The molecule has 3 atom stereocenters. The Balaban J connectivity index is 2.26. The summed E-state index contributed by atoms with van der Waals surface area (Å²) in [4.78, 5) is 0. The van der Waals surface area contributed by atoms with Crippen molar-refractivity contribution >= 4 is 11.6 Å². The zero-order valence-electron chi connectivity index (χ0n) is 11.8. The predicted octanol–water partition coefficient (Wildman–Crippen LogP) is 3.91. The fourth-order valence-electron chi connectivity index (χ4n) is 4.57. The Morgan fingerprint density at radius 3 is 2.95 bits per heavy atom. The number of rotatable bonds is 1. The molecule has 1 aromatic rings. The molecule has 2 aliphatic carbocycles. The summed E-state index contributed by atoms with van der Waals surface area (Å²) in [5, 5.41) is 10.1. The Morgan fingerprint density at radius 2 is 2.25 bits per heavy atom. The average Bonchev–Trinajstić information content (AvgIpc) is 2.44. The summed E-state index contributed by atoms with van der Waals surface area (Å²) < 4.78 is 13.8. The number of fused-ring (bicyclic) bond motifs is 3. The number of hydrogen-bond acceptors (Lipinski definition) is 2. The molecule has 0 amide bonds. The number of halogens is 2. The van der Waals surface area contributed by atoms with Crippen molar-refractivity contribution in [1.29, 1.82) is 0 Å². The van der Waals surface area contributed by atoms with Gasteiger partial charge in [-0.1, -0.05) is 31.4 Å². The van der Waals surface area contributed by atoms with Crippen molar-refractivity contribution in [1.82, 2.24) is 0 Å². The molecule has 20 heavy (non-hydrogen) atoms. The van der Waals surface area contributed by atoms with Crippen LogP contribution in [0.3, 0.4) is 0 Å². The van der Waals surface area contributed by atoms with E-state index in [1.807, 2.05) is 0 Å². The molecule has 0 saturated heterocycles. The topological polar surface area (TPSA) is 46.2 Å². The van der Waals surface area contributed by atoms with Crippen molar-refractivity contribution in [2.45, 2.75) is 56.9 Å². The van der Waals surface area contributed by atoms with Crippen molar-refractivity contribution in [2.24, 2.45) is 11.7 Å². The van der Waals surface area contributed by atoms with Gasteiger partial charge in [-0.05, 0) is 48.8 Å². The third kappa shape index (κ3) is 1.79. The molecule has 0 aliphatic heterocycles. The zero-order chi connectivity index (χ0) is 14.5. The fourth-order valence-corrected chi connectivity index (χ4v) is 4.97. The van der Waals surface area contributed by atoms with Crippen LogP contribution in [0.1, 0.15) is 50.2 Å². The molecule has 2 nitrogen and oxygen atoms in total. The van der Waals surface area contributed by atoms with E-state index in [9.17, 15) is 9.50 Å². The minimum Gasteiger partial charge on any atom is -0.504 e. The average molecular weight is 298 g/mol. The summed E-state index contributed by atoms with van der Waals surface area (Å²) in [6.45, 7) is 2.15. The third-order valence-electron chi connectivity index (χ3n) is 5.47. The highest BCUT2D eigenvalue weighted by Crippen LogP contribution is 2.55. The maximum Gasteiger partial charge on any atom is 0.170 e. The smallest absolute Gasteiger partial charge is 0.170 e. The van der Waals surface area contributed by atoms with Gasteiger partial charge in [-0.2, -0.15) is 0 Å². The van der Waals surface area contributed by atoms with Gasteiger partial charge in [0.25, 0.3) is 0 Å². The van der Waals surface area contributed by atoms with E-state index in [4.69, 9.17) is 17.3 Å². The molecule has 2 aliphatic rings. The van der Waals surface area contributed by atoms with E-state index >= 15 is 0 Å². The van der Waals surface area contributed by atoms with Crippen LogP contribution in [0.2, 0.25) is 5.02 Å². The Morgan fingerprint density at radius 1 is 1.50 bits per heavy atom. The molecule has 110 valence electrons. The van der Waals surface area contributed by atoms with Crippen molar-refractivity contribution in [2.75, 3.05) is 0 Å². The highest BCUT2D eigenvalue weighted by atomic mass is 35.5. The minimum atomic E-state index is -0.638. The van der Waals surface area contributed by atoms with E-state index in [0.717, 1.165) is 36.8 Å². The number of phenols is 1. The van der Waals surface area contributed by atoms with E-state index in [0.29, 0.717) is 12.3 Å². The van der Waals surface area contributed by atoms with Gasteiger partial charge in [0.05, 0.1) is 5.02 Å². The molecule has 0 aromatic heterocycles. The van der Waals surface area contributed by atoms with Crippen LogP contribution in [0.4, 0.5) is 4.39 Å². The van der Waals surface area contributed by atoms with Gasteiger partial charge < -0.3 is 10.8 Å². The fraction of sp³-hybridized carbons (Fsp3) is 0.625. The molecule has 0 bridgehead atoms. The maximum atomic E-state index is 13.8.